The summed E-state index contributed by atoms with van der Waals surface area (Å²) in [7, 11) is 0. The number of nitrogens with one attached hydrogen (secondary N) is 1. The van der Waals surface area contributed by atoms with Gasteiger partial charge in [-0.15, -0.1) is 0 Å². The summed E-state index contributed by atoms with van der Waals surface area (Å²) < 4.78 is 13.7. The molecule has 2 aromatic rings. The van der Waals surface area contributed by atoms with E-state index < -0.39 is 5.82 Å². The normalized spacial score (nSPS) is 10.3. The SMILES string of the molecule is Cc1cnc(N)nc1Nc1cccc(Cl)c1F. The lowest BCUT2D eigenvalue weighted by atomic mass is 10.3. The van der Waals surface area contributed by atoms with Crippen LogP contribution in [0.3, 0.4) is 0 Å². The zero-order valence-electron chi connectivity index (χ0n) is 9.04. The van der Waals surface area contributed by atoms with Crippen LogP contribution < -0.4 is 11.1 Å². The van der Waals surface area contributed by atoms with Crippen molar-refractivity contribution in [2.75, 3.05) is 11.1 Å². The fraction of sp³-hybridized carbons (Fsp3) is 0.0909. The van der Waals surface area contributed by atoms with Crippen molar-refractivity contribution in [1.29, 1.82) is 0 Å². The van der Waals surface area contributed by atoms with Crippen LogP contribution in [-0.4, -0.2) is 9.97 Å². The summed E-state index contributed by atoms with van der Waals surface area (Å²) in [5.41, 5.74) is 6.48. The van der Waals surface area contributed by atoms with E-state index in [1.54, 1.807) is 25.3 Å². The highest BCUT2D eigenvalue weighted by Crippen LogP contribution is 2.25. The summed E-state index contributed by atoms with van der Waals surface area (Å²) in [4.78, 5) is 7.81. The van der Waals surface area contributed by atoms with Crippen LogP contribution in [-0.2, 0) is 0 Å². The van der Waals surface area contributed by atoms with Gasteiger partial charge in [-0.25, -0.2) is 9.37 Å². The number of hydrogen-bond donors (Lipinski definition) is 2. The molecule has 4 nitrogen and oxygen atoms in total. The zero-order valence-corrected chi connectivity index (χ0v) is 9.79. The number of aryl methyl sites for hydroxylation is 1. The molecular weight excluding hydrogens is 243 g/mol. The number of rotatable bonds is 2. The van der Waals surface area contributed by atoms with Gasteiger partial charge in [0.1, 0.15) is 5.82 Å². The molecule has 0 bridgehead atoms. The Morgan fingerprint density at radius 3 is 2.94 bits per heavy atom. The summed E-state index contributed by atoms with van der Waals surface area (Å²) >= 11 is 5.68. The van der Waals surface area contributed by atoms with E-state index in [-0.39, 0.29) is 16.7 Å². The van der Waals surface area contributed by atoms with Crippen molar-refractivity contribution in [3.8, 4) is 0 Å². The van der Waals surface area contributed by atoms with Crippen molar-refractivity contribution >= 4 is 29.1 Å². The minimum Gasteiger partial charge on any atom is -0.368 e. The molecule has 3 N–H and O–H groups in total. The molecule has 1 aromatic carbocycles. The lowest BCUT2D eigenvalue weighted by Crippen LogP contribution is -2.03. The first-order valence-electron chi connectivity index (χ1n) is 4.88. The highest BCUT2D eigenvalue weighted by Gasteiger charge is 2.08. The molecule has 0 amide bonds. The van der Waals surface area contributed by atoms with E-state index in [0.29, 0.717) is 5.82 Å². The van der Waals surface area contributed by atoms with Crippen LogP contribution in [0.4, 0.5) is 21.8 Å². The quantitative estimate of drug-likeness (QED) is 0.863. The van der Waals surface area contributed by atoms with E-state index in [1.165, 1.54) is 6.07 Å². The van der Waals surface area contributed by atoms with Gasteiger partial charge in [0.2, 0.25) is 5.95 Å². The third-order valence-electron chi connectivity index (χ3n) is 2.20. The molecule has 6 heteroatoms. The maximum Gasteiger partial charge on any atom is 0.221 e. The number of hydrogen-bond acceptors (Lipinski definition) is 4. The Kier molecular flexibility index (Phi) is 3.10. The van der Waals surface area contributed by atoms with Crippen LogP contribution in [0.2, 0.25) is 5.02 Å². The number of nitrogen functional groups attached to an aromatic ring is 1. The average molecular weight is 253 g/mol. The summed E-state index contributed by atoms with van der Waals surface area (Å²) in [6, 6.07) is 4.69. The number of aromatic nitrogens is 2. The first kappa shape index (κ1) is 11.6. The Balaban J connectivity index is 2.38. The van der Waals surface area contributed by atoms with Gasteiger partial charge in [-0.3, -0.25) is 0 Å². The van der Waals surface area contributed by atoms with Gasteiger partial charge in [-0.1, -0.05) is 17.7 Å². The van der Waals surface area contributed by atoms with Crippen molar-refractivity contribution in [2.45, 2.75) is 6.92 Å². The van der Waals surface area contributed by atoms with Crippen molar-refractivity contribution in [3.63, 3.8) is 0 Å². The van der Waals surface area contributed by atoms with Crippen molar-refractivity contribution in [3.05, 3.63) is 40.8 Å². The molecule has 0 spiro atoms. The number of anilines is 3. The molecule has 0 radical (unpaired) electrons. The standard InChI is InChI=1S/C11H10ClFN4/c1-6-5-15-11(14)17-10(6)16-8-4-2-3-7(12)9(8)13/h2-5H,1H3,(H3,14,15,16,17). The number of halogens is 2. The van der Waals surface area contributed by atoms with Crippen molar-refractivity contribution < 1.29 is 4.39 Å². The molecule has 1 aromatic heterocycles. The van der Waals surface area contributed by atoms with Gasteiger partial charge in [0.25, 0.3) is 0 Å². The monoisotopic (exact) mass is 252 g/mol. The van der Waals surface area contributed by atoms with Crippen LogP contribution in [0.1, 0.15) is 5.56 Å². The third kappa shape index (κ3) is 2.45. The van der Waals surface area contributed by atoms with E-state index >= 15 is 0 Å². The Labute approximate surface area is 103 Å². The molecule has 0 atom stereocenters. The van der Waals surface area contributed by atoms with Crippen LogP contribution >= 0.6 is 11.6 Å². The van der Waals surface area contributed by atoms with Gasteiger partial charge in [-0.05, 0) is 19.1 Å². The van der Waals surface area contributed by atoms with Crippen LogP contribution in [0.25, 0.3) is 0 Å². The largest absolute Gasteiger partial charge is 0.368 e. The molecule has 88 valence electrons. The van der Waals surface area contributed by atoms with E-state index in [2.05, 4.69) is 15.3 Å². The summed E-state index contributed by atoms with van der Waals surface area (Å²) in [6.07, 6.45) is 1.56. The molecule has 0 unspecified atom stereocenters. The van der Waals surface area contributed by atoms with Crippen LogP contribution in [0.5, 0.6) is 0 Å². The van der Waals surface area contributed by atoms with Crippen LogP contribution in [0.15, 0.2) is 24.4 Å². The molecule has 1 heterocycles. The molecule has 17 heavy (non-hydrogen) atoms. The second-order valence-corrected chi connectivity index (χ2v) is 3.89. The maximum atomic E-state index is 13.7. The summed E-state index contributed by atoms with van der Waals surface area (Å²) in [5, 5.41) is 2.88. The van der Waals surface area contributed by atoms with Gasteiger partial charge in [0.15, 0.2) is 5.82 Å². The van der Waals surface area contributed by atoms with Gasteiger partial charge in [0, 0.05) is 11.8 Å². The molecule has 0 aliphatic heterocycles. The second-order valence-electron chi connectivity index (χ2n) is 3.49. The lowest BCUT2D eigenvalue weighted by Gasteiger charge is -2.09. The molecule has 2 rings (SSSR count). The number of nitrogens with zero attached hydrogens (tertiary/aromatic N) is 2. The molecule has 0 fully saturated rings. The first-order valence-corrected chi connectivity index (χ1v) is 5.26. The van der Waals surface area contributed by atoms with Gasteiger partial charge < -0.3 is 11.1 Å². The summed E-state index contributed by atoms with van der Waals surface area (Å²) in [6.45, 7) is 1.80. The fourth-order valence-electron chi connectivity index (χ4n) is 1.31. The molecule has 0 aliphatic rings. The van der Waals surface area contributed by atoms with Gasteiger partial charge in [-0.2, -0.15) is 4.98 Å². The Bertz CT molecular complexity index is 559. The molecular formula is C11H10ClFN4. The Morgan fingerprint density at radius 1 is 1.41 bits per heavy atom. The van der Waals surface area contributed by atoms with E-state index in [1.807, 2.05) is 0 Å². The predicted molar refractivity (Wildman–Crippen MR) is 65.9 cm³/mol. The van der Waals surface area contributed by atoms with Crippen molar-refractivity contribution in [2.24, 2.45) is 0 Å². The smallest absolute Gasteiger partial charge is 0.221 e. The molecule has 0 saturated heterocycles. The minimum atomic E-state index is -0.522. The predicted octanol–water partition coefficient (Wildman–Crippen LogP) is 2.90. The zero-order chi connectivity index (χ0) is 12.4. The van der Waals surface area contributed by atoms with E-state index in [9.17, 15) is 4.39 Å². The number of benzene rings is 1. The highest BCUT2D eigenvalue weighted by atomic mass is 35.5. The van der Waals surface area contributed by atoms with Gasteiger partial charge in [0.05, 0.1) is 10.7 Å². The number of nitrogens with two attached hydrogens (primary N) is 1. The van der Waals surface area contributed by atoms with E-state index in [0.717, 1.165) is 5.56 Å². The second kappa shape index (κ2) is 4.55. The van der Waals surface area contributed by atoms with Crippen LogP contribution in [0, 0.1) is 12.7 Å². The lowest BCUT2D eigenvalue weighted by molar-refractivity contribution is 0.632. The first-order chi connectivity index (χ1) is 8.08. The minimum absolute atomic E-state index is 0.0506. The highest BCUT2D eigenvalue weighted by molar-refractivity contribution is 6.31. The Hall–Kier alpha value is -1.88. The van der Waals surface area contributed by atoms with Gasteiger partial charge >= 0.3 is 0 Å². The third-order valence-corrected chi connectivity index (χ3v) is 2.49. The Morgan fingerprint density at radius 2 is 2.18 bits per heavy atom. The molecule has 0 aliphatic carbocycles. The summed E-state index contributed by atoms with van der Waals surface area (Å²) in [5.74, 6) is 0.0601. The molecule has 0 saturated carbocycles. The topological polar surface area (TPSA) is 63.8 Å². The average Bonchev–Trinajstić information content (AvgIpc) is 2.30. The van der Waals surface area contributed by atoms with Crippen molar-refractivity contribution in [1.82, 2.24) is 9.97 Å². The van der Waals surface area contributed by atoms with E-state index in [4.69, 9.17) is 17.3 Å². The fourth-order valence-corrected chi connectivity index (χ4v) is 1.48. The maximum absolute atomic E-state index is 13.7.